The molecule has 10 nitrogen and oxygen atoms in total. The number of thioether (sulfide) groups is 1. The van der Waals surface area contributed by atoms with E-state index >= 15 is 0 Å². The summed E-state index contributed by atoms with van der Waals surface area (Å²) in [6.07, 6.45) is 1.06. The minimum atomic E-state index is -3.74. The van der Waals surface area contributed by atoms with Crippen molar-refractivity contribution in [3.63, 3.8) is 0 Å². The van der Waals surface area contributed by atoms with Gasteiger partial charge in [0.25, 0.3) is 10.0 Å². The van der Waals surface area contributed by atoms with Crippen LogP contribution in [0.2, 0.25) is 0 Å². The fraction of sp³-hybridized carbons (Fsp3) is 0.250. The van der Waals surface area contributed by atoms with Crippen LogP contribution in [0.4, 0.5) is 10.8 Å². The van der Waals surface area contributed by atoms with Crippen molar-refractivity contribution in [1.29, 1.82) is 0 Å². The minimum Gasteiger partial charge on any atom is -0.481 e. The Hall–Kier alpha value is -2.64. The maximum Gasteiger partial charge on any atom is 0.303 e. The van der Waals surface area contributed by atoms with Gasteiger partial charge >= 0.3 is 5.97 Å². The number of aliphatic imine (C=N–C) groups is 1. The van der Waals surface area contributed by atoms with Crippen molar-refractivity contribution in [2.45, 2.75) is 17.7 Å². The smallest absolute Gasteiger partial charge is 0.303 e. The van der Waals surface area contributed by atoms with Gasteiger partial charge in [-0.1, -0.05) is 11.8 Å². The normalized spacial score (nSPS) is 13.0. The number of carboxylic acids is 1. The van der Waals surface area contributed by atoms with Crippen molar-refractivity contribution in [3.8, 4) is 0 Å². The van der Waals surface area contributed by atoms with Gasteiger partial charge in [0.15, 0.2) is 10.3 Å². The molecule has 156 valence electrons. The first kappa shape index (κ1) is 22.6. The molecule has 0 aliphatic carbocycles. The SMILES string of the molecule is NC1=NCCS1.O=C(O)CCC(=O)Nc1ccc(S(=O)(=O)Nc2nccs2)cc1. The summed E-state index contributed by atoms with van der Waals surface area (Å²) >= 11 is 2.78. The highest BCUT2D eigenvalue weighted by Gasteiger charge is 2.15. The van der Waals surface area contributed by atoms with E-state index in [0.29, 0.717) is 5.69 Å². The number of aromatic nitrogens is 1. The second-order valence-corrected chi connectivity index (χ2v) is 9.17. The zero-order valence-corrected chi connectivity index (χ0v) is 17.5. The summed E-state index contributed by atoms with van der Waals surface area (Å²) < 4.78 is 26.6. The third-order valence-corrected chi connectivity index (χ3v) is 6.26. The van der Waals surface area contributed by atoms with Crippen LogP contribution in [0, 0.1) is 0 Å². The zero-order valence-electron chi connectivity index (χ0n) is 15.1. The van der Waals surface area contributed by atoms with E-state index in [0.717, 1.165) is 28.8 Å². The Morgan fingerprint density at radius 1 is 1.21 bits per heavy atom. The minimum absolute atomic E-state index is 0.0243. The molecule has 2 aromatic rings. The van der Waals surface area contributed by atoms with Crippen LogP contribution in [0.3, 0.4) is 0 Å². The molecule has 0 fully saturated rings. The van der Waals surface area contributed by atoms with E-state index in [-0.39, 0.29) is 22.9 Å². The van der Waals surface area contributed by atoms with E-state index in [1.807, 2.05) is 0 Å². The molecule has 1 aromatic heterocycles. The topological polar surface area (TPSA) is 164 Å². The lowest BCUT2D eigenvalue weighted by molar-refractivity contribution is -0.138. The van der Waals surface area contributed by atoms with Crippen LogP contribution in [0.5, 0.6) is 0 Å². The van der Waals surface area contributed by atoms with Crippen LogP contribution < -0.4 is 15.8 Å². The third-order valence-electron chi connectivity index (χ3n) is 3.28. The Morgan fingerprint density at radius 3 is 2.41 bits per heavy atom. The van der Waals surface area contributed by atoms with Gasteiger partial charge in [0.1, 0.15) is 0 Å². The molecular weight excluding hydrogens is 438 g/mol. The number of hydrogen-bond donors (Lipinski definition) is 4. The van der Waals surface area contributed by atoms with E-state index in [9.17, 15) is 18.0 Å². The van der Waals surface area contributed by atoms with Crippen LogP contribution in [0.1, 0.15) is 12.8 Å². The summed E-state index contributed by atoms with van der Waals surface area (Å²) in [6.45, 7) is 0.913. The maximum absolute atomic E-state index is 12.1. The number of amides is 1. The van der Waals surface area contributed by atoms with Crippen molar-refractivity contribution in [1.82, 2.24) is 4.98 Å². The molecule has 0 bridgehead atoms. The average molecular weight is 458 g/mol. The number of carbonyl (C=O) groups excluding carboxylic acids is 1. The predicted octanol–water partition coefficient (Wildman–Crippen LogP) is 1.80. The summed E-state index contributed by atoms with van der Waals surface area (Å²) in [5.74, 6) is -0.440. The number of benzene rings is 1. The highest BCUT2D eigenvalue weighted by molar-refractivity contribution is 8.14. The first-order valence-corrected chi connectivity index (χ1v) is 11.6. The molecule has 0 radical (unpaired) electrons. The summed E-state index contributed by atoms with van der Waals surface area (Å²) in [6, 6.07) is 5.52. The lowest BCUT2D eigenvalue weighted by Gasteiger charge is -2.07. The quantitative estimate of drug-likeness (QED) is 0.489. The Bertz CT molecular complexity index is 959. The Balaban J connectivity index is 0.000000426. The number of rotatable bonds is 7. The van der Waals surface area contributed by atoms with Gasteiger partial charge in [0.2, 0.25) is 5.91 Å². The lowest BCUT2D eigenvalue weighted by atomic mass is 10.2. The number of aliphatic carboxylic acids is 1. The molecular formula is C16H19N5O5S3. The second kappa shape index (κ2) is 10.8. The fourth-order valence-corrected chi connectivity index (χ4v) is 4.32. The molecule has 2 heterocycles. The molecule has 1 aliphatic rings. The van der Waals surface area contributed by atoms with E-state index in [1.54, 1.807) is 17.1 Å². The molecule has 3 rings (SSSR count). The number of nitrogens with two attached hydrogens (primary N) is 1. The molecule has 0 unspecified atom stereocenters. The van der Waals surface area contributed by atoms with Crippen molar-refractivity contribution in [2.24, 2.45) is 10.7 Å². The number of carboxylic acid groups (broad SMARTS) is 1. The molecule has 0 saturated heterocycles. The van der Waals surface area contributed by atoms with Crippen LogP contribution in [-0.4, -0.2) is 47.9 Å². The molecule has 1 amide bonds. The van der Waals surface area contributed by atoms with Crippen molar-refractivity contribution < 1.29 is 23.1 Å². The third kappa shape index (κ3) is 8.09. The summed E-state index contributed by atoms with van der Waals surface area (Å²) in [5, 5.41) is 13.6. The van der Waals surface area contributed by atoms with Crippen LogP contribution in [0.25, 0.3) is 0 Å². The highest BCUT2D eigenvalue weighted by atomic mass is 32.2. The Kier molecular flexibility index (Phi) is 8.42. The first-order chi connectivity index (χ1) is 13.8. The maximum atomic E-state index is 12.1. The first-order valence-electron chi connectivity index (χ1n) is 8.23. The molecule has 0 spiro atoms. The van der Waals surface area contributed by atoms with Crippen molar-refractivity contribution in [3.05, 3.63) is 35.8 Å². The van der Waals surface area contributed by atoms with E-state index in [1.165, 1.54) is 30.5 Å². The molecule has 29 heavy (non-hydrogen) atoms. The van der Waals surface area contributed by atoms with Crippen LogP contribution in [0.15, 0.2) is 45.7 Å². The number of amidine groups is 1. The number of nitrogens with one attached hydrogen (secondary N) is 2. The second-order valence-electron chi connectivity index (χ2n) is 5.48. The largest absolute Gasteiger partial charge is 0.481 e. The highest BCUT2D eigenvalue weighted by Crippen LogP contribution is 2.19. The monoisotopic (exact) mass is 457 g/mol. The number of anilines is 2. The average Bonchev–Trinajstić information content (AvgIpc) is 3.34. The number of hydrogen-bond acceptors (Lipinski definition) is 9. The van der Waals surface area contributed by atoms with E-state index in [2.05, 4.69) is 20.0 Å². The summed E-state index contributed by atoms with van der Waals surface area (Å²) in [5.41, 5.74) is 5.63. The van der Waals surface area contributed by atoms with Gasteiger partial charge in [-0.15, -0.1) is 11.3 Å². The van der Waals surface area contributed by atoms with Gasteiger partial charge in [-0.3, -0.25) is 19.3 Å². The van der Waals surface area contributed by atoms with E-state index in [4.69, 9.17) is 10.8 Å². The van der Waals surface area contributed by atoms with Gasteiger partial charge in [0, 0.05) is 29.4 Å². The summed E-state index contributed by atoms with van der Waals surface area (Å²) in [4.78, 5) is 29.6. The molecule has 0 atom stereocenters. The van der Waals surface area contributed by atoms with Crippen molar-refractivity contribution in [2.75, 3.05) is 22.3 Å². The van der Waals surface area contributed by atoms with Crippen LogP contribution in [-0.2, 0) is 19.6 Å². The number of nitrogens with zero attached hydrogens (tertiary/aromatic N) is 2. The van der Waals surface area contributed by atoms with E-state index < -0.39 is 21.9 Å². The molecule has 1 aromatic carbocycles. The predicted molar refractivity (Wildman–Crippen MR) is 114 cm³/mol. The number of carbonyl (C=O) groups is 2. The Morgan fingerprint density at radius 2 is 1.93 bits per heavy atom. The van der Waals surface area contributed by atoms with Crippen LogP contribution >= 0.6 is 23.1 Å². The van der Waals surface area contributed by atoms with Gasteiger partial charge in [-0.05, 0) is 24.3 Å². The van der Waals surface area contributed by atoms with Gasteiger partial charge in [0.05, 0.1) is 17.9 Å². The Labute approximate surface area is 175 Å². The molecule has 0 saturated carbocycles. The summed E-state index contributed by atoms with van der Waals surface area (Å²) in [7, 11) is -3.74. The number of thiazole rings is 1. The van der Waals surface area contributed by atoms with Gasteiger partial charge < -0.3 is 16.2 Å². The van der Waals surface area contributed by atoms with Crippen molar-refractivity contribution >= 4 is 61.0 Å². The molecule has 1 aliphatic heterocycles. The molecule has 13 heteroatoms. The van der Waals surface area contributed by atoms with Gasteiger partial charge in [-0.25, -0.2) is 13.4 Å². The zero-order chi connectivity index (χ0) is 21.3. The number of sulfonamides is 1. The standard InChI is InChI=1S/C13H13N3O5S2.C3H6N2S/c17-11(5-6-12(18)19)15-9-1-3-10(4-2-9)23(20,21)16-13-14-7-8-22-13;4-3-5-1-2-6-3/h1-4,7-8H,5-6H2,(H,14,16)(H,15,17)(H,18,19);1-2H2,(H2,4,5). The van der Waals surface area contributed by atoms with Gasteiger partial charge in [-0.2, -0.15) is 0 Å². The fourth-order valence-electron chi connectivity index (χ4n) is 1.96. The molecule has 5 N–H and O–H groups in total. The lowest BCUT2D eigenvalue weighted by Crippen LogP contribution is -2.14.